The molecule has 0 atom stereocenters. The summed E-state index contributed by atoms with van der Waals surface area (Å²) in [5.74, 6) is -1.57. The van der Waals surface area contributed by atoms with E-state index < -0.39 is 11.8 Å². The third-order valence-corrected chi connectivity index (χ3v) is 1.24. The lowest BCUT2D eigenvalue weighted by Gasteiger charge is -1.99. The van der Waals surface area contributed by atoms with Gasteiger partial charge in [0.2, 0.25) is 0 Å². The number of rotatable bonds is 4. The summed E-state index contributed by atoms with van der Waals surface area (Å²) >= 11 is 0. The van der Waals surface area contributed by atoms with E-state index in [0.29, 0.717) is 0 Å². The Hall–Kier alpha value is -1.45. The van der Waals surface area contributed by atoms with E-state index in [1.54, 1.807) is 20.8 Å². The summed E-state index contributed by atoms with van der Waals surface area (Å²) in [6, 6.07) is 0. The molecule has 0 rings (SSSR count). The van der Waals surface area contributed by atoms with Crippen molar-refractivity contribution in [3.8, 4) is 0 Å². The number of hydrogen-bond acceptors (Lipinski definition) is 4. The zero-order chi connectivity index (χ0) is 10.3. The van der Waals surface area contributed by atoms with Crippen molar-refractivity contribution in [1.82, 2.24) is 0 Å². The highest BCUT2D eigenvalue weighted by Gasteiger charge is 2.18. The lowest BCUT2D eigenvalue weighted by molar-refractivity contribution is -0.151. The van der Waals surface area contributed by atoms with E-state index in [0.717, 1.165) is 0 Å². The highest BCUT2D eigenvalue weighted by molar-refractivity contribution is 6.40. The van der Waals surface area contributed by atoms with Gasteiger partial charge in [-0.2, -0.15) is 0 Å². The van der Waals surface area contributed by atoms with E-state index in [1.165, 1.54) is 12.3 Å². The number of carbonyl (C=O) groups is 2. The third-order valence-electron chi connectivity index (χ3n) is 1.24. The molecule has 4 heteroatoms. The molecule has 0 radical (unpaired) electrons. The summed E-state index contributed by atoms with van der Waals surface area (Å²) in [5, 5.41) is 0. The summed E-state index contributed by atoms with van der Waals surface area (Å²) in [5.41, 5.74) is 0.112. The van der Waals surface area contributed by atoms with Crippen molar-refractivity contribution in [2.75, 3.05) is 6.61 Å². The molecule has 0 N–H and O–H groups in total. The van der Waals surface area contributed by atoms with Crippen molar-refractivity contribution in [1.29, 1.82) is 0 Å². The van der Waals surface area contributed by atoms with E-state index >= 15 is 0 Å². The minimum atomic E-state index is -0.860. The summed E-state index contributed by atoms with van der Waals surface area (Å²) in [7, 11) is 0. The fraction of sp³-hybridized carbons (Fsp3) is 0.444. The largest absolute Gasteiger partial charge is 0.460 e. The number of nitrogens with zero attached hydrogens (tertiary/aromatic N) is 1. The Labute approximate surface area is 77.3 Å². The van der Waals surface area contributed by atoms with Gasteiger partial charge in [-0.15, -0.1) is 0 Å². The molecule has 0 aliphatic rings. The van der Waals surface area contributed by atoms with E-state index in [9.17, 15) is 9.59 Å². The molecule has 0 aromatic carbocycles. The minimum absolute atomic E-state index is 0.112. The molecule has 0 amide bonds. The quantitative estimate of drug-likeness (QED) is 0.284. The average molecular weight is 183 g/mol. The topological polar surface area (TPSA) is 55.7 Å². The second kappa shape index (κ2) is 6.11. The Kier molecular flexibility index (Phi) is 5.43. The number of hydrogen-bond donors (Lipinski definition) is 0. The van der Waals surface area contributed by atoms with Crippen LogP contribution in [-0.4, -0.2) is 24.6 Å². The number of Topliss-reactive ketones (excluding diaryl/α,β-unsaturated/α-hetero) is 1. The van der Waals surface area contributed by atoms with Crippen LogP contribution in [0, 0.1) is 0 Å². The average Bonchev–Trinajstić information content (AvgIpc) is 2.13. The van der Waals surface area contributed by atoms with Crippen LogP contribution in [0.1, 0.15) is 20.8 Å². The first-order valence-corrected chi connectivity index (χ1v) is 4.03. The molecule has 0 aromatic rings. The van der Waals surface area contributed by atoms with Crippen LogP contribution in [0.25, 0.3) is 0 Å². The van der Waals surface area contributed by atoms with Crippen molar-refractivity contribution in [3.63, 3.8) is 0 Å². The normalized spacial score (nSPS) is 11.8. The van der Waals surface area contributed by atoms with Gasteiger partial charge in [-0.05, 0) is 20.8 Å². The molecule has 0 aliphatic carbocycles. The first kappa shape index (κ1) is 11.6. The molecule has 0 fully saturated rings. The predicted octanol–water partition coefficient (Wildman–Crippen LogP) is 1.11. The number of ketones is 1. The molecule has 72 valence electrons. The van der Waals surface area contributed by atoms with E-state index in [1.807, 2.05) is 0 Å². The first-order chi connectivity index (χ1) is 6.17. The van der Waals surface area contributed by atoms with Gasteiger partial charge in [0.25, 0.3) is 5.78 Å². The maximum absolute atomic E-state index is 11.2. The van der Waals surface area contributed by atoms with Gasteiger partial charge in [0, 0.05) is 6.21 Å². The first-order valence-electron chi connectivity index (χ1n) is 4.03. The van der Waals surface area contributed by atoms with Gasteiger partial charge in [0.05, 0.1) is 6.61 Å². The van der Waals surface area contributed by atoms with E-state index in [4.69, 9.17) is 0 Å². The van der Waals surface area contributed by atoms with Gasteiger partial charge < -0.3 is 4.74 Å². The predicted molar refractivity (Wildman–Crippen MR) is 49.6 cm³/mol. The lowest BCUT2D eigenvalue weighted by Crippen LogP contribution is -2.18. The fourth-order valence-electron chi connectivity index (χ4n) is 0.705. The molecule has 13 heavy (non-hydrogen) atoms. The van der Waals surface area contributed by atoms with E-state index in [2.05, 4.69) is 9.73 Å². The van der Waals surface area contributed by atoms with Crippen LogP contribution in [-0.2, 0) is 14.3 Å². The second-order valence-electron chi connectivity index (χ2n) is 2.11. The number of allylic oxidation sites excluding steroid dienone is 1. The van der Waals surface area contributed by atoms with Gasteiger partial charge in [-0.25, -0.2) is 4.79 Å². The molecule has 0 heterocycles. The van der Waals surface area contributed by atoms with Crippen LogP contribution >= 0.6 is 0 Å². The third kappa shape index (κ3) is 3.64. The number of ether oxygens (including phenoxy) is 1. The van der Waals surface area contributed by atoms with Crippen molar-refractivity contribution >= 4 is 18.0 Å². The molecular weight excluding hydrogens is 170 g/mol. The molecule has 4 nitrogen and oxygen atoms in total. The Morgan fingerprint density at radius 1 is 1.38 bits per heavy atom. The fourth-order valence-corrected chi connectivity index (χ4v) is 0.705. The van der Waals surface area contributed by atoms with Gasteiger partial charge in [0.15, 0.2) is 0 Å². The standard InChI is InChI=1S/C9H13NO3/c1-4-7(10-5-2)8(11)9(12)13-6-3/h4-5H,6H2,1-3H3/b7-4-,10-5-. The Morgan fingerprint density at radius 2 is 2.00 bits per heavy atom. The molecular formula is C9H13NO3. The van der Waals surface area contributed by atoms with Gasteiger partial charge >= 0.3 is 5.97 Å². The molecule has 0 bridgehead atoms. The van der Waals surface area contributed by atoms with Crippen LogP contribution in [0.2, 0.25) is 0 Å². The summed E-state index contributed by atoms with van der Waals surface area (Å²) in [6.45, 7) is 5.14. The molecule has 0 aromatic heterocycles. The van der Waals surface area contributed by atoms with Crippen molar-refractivity contribution < 1.29 is 14.3 Å². The summed E-state index contributed by atoms with van der Waals surface area (Å²) in [6.07, 6.45) is 2.92. The maximum Gasteiger partial charge on any atom is 0.381 e. The number of carbonyl (C=O) groups excluding carboxylic acids is 2. The Bertz CT molecular complexity index is 254. The molecule has 0 saturated carbocycles. The van der Waals surface area contributed by atoms with Crippen molar-refractivity contribution in [2.24, 2.45) is 4.99 Å². The molecule has 0 spiro atoms. The SMILES string of the molecule is C/C=N\C(=C/C)C(=O)C(=O)OCC. The second-order valence-corrected chi connectivity index (χ2v) is 2.11. The smallest absolute Gasteiger partial charge is 0.381 e. The zero-order valence-corrected chi connectivity index (χ0v) is 8.03. The minimum Gasteiger partial charge on any atom is -0.460 e. The van der Waals surface area contributed by atoms with E-state index in [-0.39, 0.29) is 12.3 Å². The molecule has 0 unspecified atom stereocenters. The maximum atomic E-state index is 11.2. The Morgan fingerprint density at radius 3 is 2.38 bits per heavy atom. The van der Waals surface area contributed by atoms with Crippen LogP contribution in [0.4, 0.5) is 0 Å². The summed E-state index contributed by atoms with van der Waals surface area (Å²) < 4.78 is 4.53. The summed E-state index contributed by atoms with van der Waals surface area (Å²) in [4.78, 5) is 25.9. The zero-order valence-electron chi connectivity index (χ0n) is 8.03. The van der Waals surface area contributed by atoms with Gasteiger partial charge in [0.1, 0.15) is 5.70 Å². The highest BCUT2D eigenvalue weighted by Crippen LogP contribution is 1.99. The van der Waals surface area contributed by atoms with Crippen LogP contribution in [0.3, 0.4) is 0 Å². The van der Waals surface area contributed by atoms with Crippen molar-refractivity contribution in [2.45, 2.75) is 20.8 Å². The molecule has 0 aliphatic heterocycles. The van der Waals surface area contributed by atoms with Crippen LogP contribution in [0.5, 0.6) is 0 Å². The molecule has 0 saturated heterocycles. The monoisotopic (exact) mass is 183 g/mol. The highest BCUT2D eigenvalue weighted by atomic mass is 16.5. The van der Waals surface area contributed by atoms with Crippen molar-refractivity contribution in [3.05, 3.63) is 11.8 Å². The lowest BCUT2D eigenvalue weighted by atomic mass is 10.3. The number of esters is 1. The number of aliphatic imine (C=N–C) groups is 1. The van der Waals surface area contributed by atoms with Crippen LogP contribution in [0.15, 0.2) is 16.8 Å². The van der Waals surface area contributed by atoms with Gasteiger partial charge in [-0.1, -0.05) is 6.08 Å². The van der Waals surface area contributed by atoms with Gasteiger partial charge in [-0.3, -0.25) is 9.79 Å². The van der Waals surface area contributed by atoms with Crippen LogP contribution < -0.4 is 0 Å². The Balaban J connectivity index is 4.48.